The number of hydrazone groups is 1. The van der Waals surface area contributed by atoms with Gasteiger partial charge in [-0.05, 0) is 12.8 Å². The summed E-state index contributed by atoms with van der Waals surface area (Å²) in [5.41, 5.74) is 1.33. The smallest absolute Gasteiger partial charge is 0.0840 e. The number of nitrogens with zero attached hydrogens (tertiary/aromatic N) is 2. The van der Waals surface area contributed by atoms with Gasteiger partial charge in [0.05, 0.1) is 11.8 Å². The Hall–Kier alpha value is -0.530. The first-order valence-electron chi connectivity index (χ1n) is 3.44. The summed E-state index contributed by atoms with van der Waals surface area (Å²) in [5, 5.41) is 6.25. The fourth-order valence-electron chi connectivity index (χ4n) is 1.09. The molecule has 0 saturated heterocycles. The van der Waals surface area contributed by atoms with E-state index in [4.69, 9.17) is 0 Å². The lowest BCUT2D eigenvalue weighted by atomic mass is 9.99. The molecule has 9 heavy (non-hydrogen) atoms. The molecule has 0 aromatic heterocycles. The van der Waals surface area contributed by atoms with Gasteiger partial charge in [-0.1, -0.05) is 13.8 Å². The van der Waals surface area contributed by atoms with Gasteiger partial charge in [0.1, 0.15) is 0 Å². The molecular formula is C7H14N2. The van der Waals surface area contributed by atoms with Crippen molar-refractivity contribution < 1.29 is 0 Å². The zero-order valence-electron chi connectivity index (χ0n) is 6.55. The Morgan fingerprint density at radius 1 is 1.56 bits per heavy atom. The summed E-state index contributed by atoms with van der Waals surface area (Å²) in [6, 6.07) is 0.574. The molecule has 2 heteroatoms. The highest BCUT2D eigenvalue weighted by atomic mass is 15.5. The third-order valence-electron chi connectivity index (χ3n) is 1.85. The van der Waals surface area contributed by atoms with Crippen LogP contribution in [0.15, 0.2) is 5.10 Å². The van der Waals surface area contributed by atoms with Crippen LogP contribution in [0.25, 0.3) is 0 Å². The van der Waals surface area contributed by atoms with E-state index in [1.54, 1.807) is 0 Å². The van der Waals surface area contributed by atoms with Crippen molar-refractivity contribution in [2.75, 3.05) is 7.05 Å². The van der Waals surface area contributed by atoms with Crippen LogP contribution in [0.5, 0.6) is 0 Å². The quantitative estimate of drug-likeness (QED) is 0.517. The number of hydrogen-bond donors (Lipinski definition) is 0. The van der Waals surface area contributed by atoms with Gasteiger partial charge in [0, 0.05) is 7.05 Å². The number of hydrogen-bond acceptors (Lipinski definition) is 2. The fourth-order valence-corrected chi connectivity index (χ4v) is 1.09. The Kier molecular flexibility index (Phi) is 1.47. The largest absolute Gasteiger partial charge is 0.292 e. The van der Waals surface area contributed by atoms with Crippen LogP contribution in [0.4, 0.5) is 0 Å². The van der Waals surface area contributed by atoms with E-state index in [9.17, 15) is 0 Å². The topological polar surface area (TPSA) is 15.6 Å². The lowest BCUT2D eigenvalue weighted by molar-refractivity contribution is 0.269. The van der Waals surface area contributed by atoms with E-state index in [1.165, 1.54) is 5.71 Å². The summed E-state index contributed by atoms with van der Waals surface area (Å²) in [5.74, 6) is 0.621. The maximum Gasteiger partial charge on any atom is 0.0840 e. The van der Waals surface area contributed by atoms with Crippen molar-refractivity contribution in [3.05, 3.63) is 0 Å². The molecule has 1 unspecified atom stereocenters. The minimum absolute atomic E-state index is 0.574. The molecule has 0 spiro atoms. The van der Waals surface area contributed by atoms with Crippen LogP contribution in [0.2, 0.25) is 0 Å². The highest BCUT2D eigenvalue weighted by molar-refractivity contribution is 5.93. The molecule has 0 aromatic carbocycles. The minimum atomic E-state index is 0.574. The normalized spacial score (nSPS) is 26.1. The van der Waals surface area contributed by atoms with Crippen molar-refractivity contribution in [3.8, 4) is 0 Å². The van der Waals surface area contributed by atoms with Crippen molar-refractivity contribution in [2.45, 2.75) is 26.8 Å². The van der Waals surface area contributed by atoms with Crippen molar-refractivity contribution in [3.63, 3.8) is 0 Å². The highest BCUT2D eigenvalue weighted by Gasteiger charge is 2.26. The van der Waals surface area contributed by atoms with E-state index < -0.39 is 0 Å². The molecule has 0 amide bonds. The molecule has 0 aliphatic carbocycles. The Balaban J connectivity index is 2.57. The second kappa shape index (κ2) is 2.01. The van der Waals surface area contributed by atoms with Gasteiger partial charge in [-0.15, -0.1) is 0 Å². The Morgan fingerprint density at radius 3 is 2.22 bits per heavy atom. The molecule has 0 saturated carbocycles. The molecule has 0 fully saturated rings. The van der Waals surface area contributed by atoms with Gasteiger partial charge in [0.2, 0.25) is 0 Å². The monoisotopic (exact) mass is 126 g/mol. The summed E-state index contributed by atoms with van der Waals surface area (Å²) in [7, 11) is 2.01. The maximum absolute atomic E-state index is 4.25. The second-order valence-electron chi connectivity index (χ2n) is 2.93. The van der Waals surface area contributed by atoms with Crippen LogP contribution >= 0.6 is 0 Å². The van der Waals surface area contributed by atoms with Crippen molar-refractivity contribution in [2.24, 2.45) is 11.0 Å². The Bertz CT molecular complexity index is 138. The zero-order valence-corrected chi connectivity index (χ0v) is 6.55. The molecule has 1 rings (SSSR count). The summed E-state index contributed by atoms with van der Waals surface area (Å²) in [6.45, 7) is 6.55. The first-order valence-corrected chi connectivity index (χ1v) is 3.44. The Morgan fingerprint density at radius 2 is 2.11 bits per heavy atom. The Labute approximate surface area is 56.5 Å². The van der Waals surface area contributed by atoms with Crippen LogP contribution < -0.4 is 0 Å². The SMILES string of the molecule is CC(C)C1=NN(C)C1C. The van der Waals surface area contributed by atoms with Gasteiger partial charge >= 0.3 is 0 Å². The first-order chi connectivity index (χ1) is 4.13. The molecule has 2 nitrogen and oxygen atoms in total. The van der Waals surface area contributed by atoms with Crippen LogP contribution in [0.3, 0.4) is 0 Å². The average Bonchev–Trinajstić information content (AvgIpc) is 1.81. The molecule has 52 valence electrons. The lowest BCUT2D eigenvalue weighted by Gasteiger charge is -2.35. The molecule has 1 aliphatic heterocycles. The van der Waals surface area contributed by atoms with Gasteiger partial charge in [-0.2, -0.15) is 5.10 Å². The van der Waals surface area contributed by atoms with Crippen LogP contribution in [0, 0.1) is 5.92 Å². The molecular weight excluding hydrogens is 112 g/mol. The van der Waals surface area contributed by atoms with Crippen molar-refractivity contribution in [1.82, 2.24) is 5.01 Å². The van der Waals surface area contributed by atoms with E-state index >= 15 is 0 Å². The van der Waals surface area contributed by atoms with Crippen LogP contribution in [0.1, 0.15) is 20.8 Å². The standard InChI is InChI=1S/C7H14N2/c1-5(2)7-6(3)9(4)8-7/h5-6H,1-4H3. The minimum Gasteiger partial charge on any atom is -0.292 e. The first kappa shape index (κ1) is 6.59. The van der Waals surface area contributed by atoms with Gasteiger partial charge in [0.25, 0.3) is 0 Å². The zero-order chi connectivity index (χ0) is 7.02. The summed E-state index contributed by atoms with van der Waals surface area (Å²) in [6.07, 6.45) is 0. The molecule has 1 atom stereocenters. The van der Waals surface area contributed by atoms with Gasteiger partial charge < -0.3 is 0 Å². The lowest BCUT2D eigenvalue weighted by Crippen LogP contribution is -2.45. The second-order valence-corrected chi connectivity index (χ2v) is 2.93. The molecule has 0 aromatic rings. The van der Waals surface area contributed by atoms with E-state index in [0.29, 0.717) is 12.0 Å². The average molecular weight is 126 g/mol. The van der Waals surface area contributed by atoms with Crippen LogP contribution in [-0.4, -0.2) is 23.8 Å². The summed E-state index contributed by atoms with van der Waals surface area (Å²) in [4.78, 5) is 0. The third kappa shape index (κ3) is 0.934. The molecule has 1 aliphatic rings. The van der Waals surface area contributed by atoms with E-state index in [-0.39, 0.29) is 0 Å². The molecule has 1 heterocycles. The van der Waals surface area contributed by atoms with E-state index in [0.717, 1.165) is 0 Å². The van der Waals surface area contributed by atoms with E-state index in [2.05, 4.69) is 25.9 Å². The molecule has 0 radical (unpaired) electrons. The van der Waals surface area contributed by atoms with Crippen molar-refractivity contribution >= 4 is 5.71 Å². The summed E-state index contributed by atoms with van der Waals surface area (Å²) >= 11 is 0. The van der Waals surface area contributed by atoms with Crippen LogP contribution in [-0.2, 0) is 0 Å². The summed E-state index contributed by atoms with van der Waals surface area (Å²) < 4.78 is 0. The van der Waals surface area contributed by atoms with Gasteiger partial charge in [-0.3, -0.25) is 5.01 Å². The van der Waals surface area contributed by atoms with Gasteiger partial charge in [0.15, 0.2) is 0 Å². The predicted octanol–water partition coefficient (Wildman–Crippen LogP) is 1.33. The fraction of sp³-hybridized carbons (Fsp3) is 0.857. The predicted molar refractivity (Wildman–Crippen MR) is 39.5 cm³/mol. The molecule has 0 bridgehead atoms. The number of rotatable bonds is 1. The maximum atomic E-state index is 4.25. The highest BCUT2D eigenvalue weighted by Crippen LogP contribution is 2.16. The van der Waals surface area contributed by atoms with Gasteiger partial charge in [-0.25, -0.2) is 0 Å². The molecule has 0 N–H and O–H groups in total. The third-order valence-corrected chi connectivity index (χ3v) is 1.85. The van der Waals surface area contributed by atoms with Crippen molar-refractivity contribution in [1.29, 1.82) is 0 Å². The van der Waals surface area contributed by atoms with E-state index in [1.807, 2.05) is 12.1 Å².